The molecule has 150 valence electrons. The topological polar surface area (TPSA) is 108 Å². The van der Waals surface area contributed by atoms with Crippen molar-refractivity contribution < 1.29 is 13.9 Å². The second-order valence-electron chi connectivity index (χ2n) is 6.74. The van der Waals surface area contributed by atoms with E-state index in [0.29, 0.717) is 23.0 Å². The summed E-state index contributed by atoms with van der Waals surface area (Å²) in [7, 11) is 0. The van der Waals surface area contributed by atoms with Crippen LogP contribution in [0.5, 0.6) is 0 Å². The molecule has 8 heteroatoms. The van der Waals surface area contributed by atoms with Crippen molar-refractivity contribution in [3.05, 3.63) is 95.6 Å². The van der Waals surface area contributed by atoms with E-state index in [1.807, 2.05) is 42.5 Å². The molecule has 3 heterocycles. The van der Waals surface area contributed by atoms with Crippen molar-refractivity contribution >= 4 is 5.69 Å². The monoisotopic (exact) mass is 410 g/mol. The van der Waals surface area contributed by atoms with Crippen LogP contribution in [0.15, 0.2) is 94.4 Å². The second-order valence-corrected chi connectivity index (χ2v) is 6.74. The highest BCUT2D eigenvalue weighted by atomic mass is 16.6. The van der Waals surface area contributed by atoms with Crippen LogP contribution in [-0.4, -0.2) is 20.0 Å². The van der Waals surface area contributed by atoms with Crippen LogP contribution >= 0.6 is 0 Å². The Balaban J connectivity index is 1.59. The molecule has 0 aliphatic heterocycles. The van der Waals surface area contributed by atoms with Gasteiger partial charge in [0.2, 0.25) is 12.2 Å². The minimum absolute atomic E-state index is 0.0308. The molecular weight excluding hydrogens is 396 g/mol. The van der Waals surface area contributed by atoms with Gasteiger partial charge < -0.3 is 8.94 Å². The van der Waals surface area contributed by atoms with E-state index >= 15 is 0 Å². The van der Waals surface area contributed by atoms with Crippen LogP contribution in [0.1, 0.15) is 0 Å². The molecule has 5 aromatic rings. The Hall–Kier alpha value is -4.59. The first kappa shape index (κ1) is 18.4. The number of pyridine rings is 1. The lowest BCUT2D eigenvalue weighted by molar-refractivity contribution is -0.384. The Morgan fingerprint density at radius 3 is 2.16 bits per heavy atom. The van der Waals surface area contributed by atoms with Crippen molar-refractivity contribution in [3.63, 3.8) is 0 Å². The van der Waals surface area contributed by atoms with Crippen LogP contribution in [0.4, 0.5) is 5.69 Å². The number of aromatic nitrogens is 3. The Kier molecular flexibility index (Phi) is 4.57. The van der Waals surface area contributed by atoms with Crippen LogP contribution in [0.25, 0.3) is 45.2 Å². The summed E-state index contributed by atoms with van der Waals surface area (Å²) in [6.45, 7) is 0. The van der Waals surface area contributed by atoms with E-state index in [4.69, 9.17) is 13.9 Å². The Morgan fingerprint density at radius 2 is 1.52 bits per heavy atom. The lowest BCUT2D eigenvalue weighted by atomic mass is 10.00. The molecule has 0 bridgehead atoms. The first-order valence-corrected chi connectivity index (χ1v) is 9.35. The molecule has 3 aromatic heterocycles. The van der Waals surface area contributed by atoms with E-state index in [1.165, 1.54) is 18.5 Å². The summed E-state index contributed by atoms with van der Waals surface area (Å²) >= 11 is 0. The van der Waals surface area contributed by atoms with Crippen molar-refractivity contribution in [1.82, 2.24) is 15.1 Å². The quantitative estimate of drug-likeness (QED) is 0.273. The number of hydrogen-bond acceptors (Lipinski definition) is 7. The summed E-state index contributed by atoms with van der Waals surface area (Å²) in [5.41, 5.74) is 4.87. The third kappa shape index (κ3) is 3.69. The highest BCUT2D eigenvalue weighted by molar-refractivity contribution is 5.76. The standard InChI is InChI=1S/C23H14N4O4/c28-27(29)19-9-7-16(8-10-19)20-12-18(13-21(25-20)22-2-1-11-30-22)15-3-5-17(6-4-15)23-24-14-31-26-23/h1-14H. The Labute approximate surface area is 176 Å². The largest absolute Gasteiger partial charge is 0.463 e. The number of hydrogen-bond donors (Lipinski definition) is 0. The van der Waals surface area contributed by atoms with Gasteiger partial charge in [-0.05, 0) is 47.5 Å². The van der Waals surface area contributed by atoms with E-state index in [1.54, 1.807) is 24.5 Å². The van der Waals surface area contributed by atoms with Gasteiger partial charge in [-0.2, -0.15) is 4.98 Å². The van der Waals surface area contributed by atoms with Gasteiger partial charge in [0.1, 0.15) is 5.69 Å². The molecule has 8 nitrogen and oxygen atoms in total. The number of nitro benzene ring substituents is 1. The van der Waals surface area contributed by atoms with Crippen LogP contribution in [-0.2, 0) is 0 Å². The van der Waals surface area contributed by atoms with Gasteiger partial charge in [-0.3, -0.25) is 10.1 Å². The van der Waals surface area contributed by atoms with Crippen LogP contribution in [0.3, 0.4) is 0 Å². The molecule has 0 aliphatic carbocycles. The maximum Gasteiger partial charge on any atom is 0.269 e. The minimum Gasteiger partial charge on any atom is -0.463 e. The third-order valence-electron chi connectivity index (χ3n) is 4.81. The fourth-order valence-corrected chi connectivity index (χ4v) is 3.26. The zero-order valence-electron chi connectivity index (χ0n) is 16.0. The number of benzene rings is 2. The number of nitrogens with zero attached hydrogens (tertiary/aromatic N) is 4. The number of furan rings is 1. The predicted octanol–water partition coefficient (Wildman–Crippen LogP) is 5.63. The summed E-state index contributed by atoms with van der Waals surface area (Å²) in [5, 5.41) is 14.8. The molecular formula is C23H14N4O4. The average molecular weight is 410 g/mol. The van der Waals surface area contributed by atoms with Crippen molar-refractivity contribution in [3.8, 4) is 45.2 Å². The second kappa shape index (κ2) is 7.68. The molecule has 2 aromatic carbocycles. The molecule has 0 saturated carbocycles. The molecule has 0 saturated heterocycles. The molecule has 0 N–H and O–H groups in total. The summed E-state index contributed by atoms with van der Waals surface area (Å²) in [5.74, 6) is 1.15. The van der Waals surface area contributed by atoms with E-state index in [2.05, 4.69) is 10.1 Å². The van der Waals surface area contributed by atoms with Gasteiger partial charge in [0.25, 0.3) is 5.69 Å². The molecule has 31 heavy (non-hydrogen) atoms. The molecule has 0 aliphatic rings. The zero-order chi connectivity index (χ0) is 21.2. The van der Waals surface area contributed by atoms with Gasteiger partial charge >= 0.3 is 0 Å². The van der Waals surface area contributed by atoms with Crippen molar-refractivity contribution in [2.45, 2.75) is 0 Å². The SMILES string of the molecule is O=[N+]([O-])c1ccc(-c2cc(-c3ccc(-c4ncon4)cc3)cc(-c3ccco3)n2)cc1. The van der Waals surface area contributed by atoms with Crippen molar-refractivity contribution in [1.29, 1.82) is 0 Å². The Bertz CT molecular complexity index is 1330. The normalized spacial score (nSPS) is 10.8. The van der Waals surface area contributed by atoms with Gasteiger partial charge in [-0.15, -0.1) is 0 Å². The van der Waals surface area contributed by atoms with Crippen molar-refractivity contribution in [2.75, 3.05) is 0 Å². The first-order chi connectivity index (χ1) is 15.2. The Morgan fingerprint density at radius 1 is 0.806 bits per heavy atom. The van der Waals surface area contributed by atoms with E-state index in [0.717, 1.165) is 22.3 Å². The number of nitro groups is 1. The van der Waals surface area contributed by atoms with Crippen LogP contribution in [0, 0.1) is 10.1 Å². The highest BCUT2D eigenvalue weighted by Crippen LogP contribution is 2.31. The van der Waals surface area contributed by atoms with Gasteiger partial charge in [0, 0.05) is 23.3 Å². The smallest absolute Gasteiger partial charge is 0.269 e. The zero-order valence-corrected chi connectivity index (χ0v) is 16.0. The third-order valence-corrected chi connectivity index (χ3v) is 4.81. The molecule has 0 spiro atoms. The molecule has 0 amide bonds. The van der Waals surface area contributed by atoms with Crippen molar-refractivity contribution in [2.24, 2.45) is 0 Å². The minimum atomic E-state index is -0.423. The van der Waals surface area contributed by atoms with Crippen LogP contribution in [0.2, 0.25) is 0 Å². The van der Waals surface area contributed by atoms with Gasteiger partial charge in [-0.25, -0.2) is 4.98 Å². The van der Waals surface area contributed by atoms with Crippen LogP contribution < -0.4 is 0 Å². The van der Waals surface area contributed by atoms with E-state index in [-0.39, 0.29) is 5.69 Å². The van der Waals surface area contributed by atoms with E-state index < -0.39 is 4.92 Å². The molecule has 0 fully saturated rings. The summed E-state index contributed by atoms with van der Waals surface area (Å²) in [6, 6.07) is 21.6. The molecule has 5 rings (SSSR count). The molecule has 0 atom stereocenters. The highest BCUT2D eigenvalue weighted by Gasteiger charge is 2.12. The summed E-state index contributed by atoms with van der Waals surface area (Å²) < 4.78 is 10.3. The fraction of sp³-hybridized carbons (Fsp3) is 0. The summed E-state index contributed by atoms with van der Waals surface area (Å²) in [6.07, 6.45) is 2.88. The summed E-state index contributed by atoms with van der Waals surface area (Å²) in [4.78, 5) is 19.3. The maximum atomic E-state index is 11.0. The van der Waals surface area contributed by atoms with E-state index in [9.17, 15) is 10.1 Å². The van der Waals surface area contributed by atoms with Gasteiger partial charge in [0.15, 0.2) is 5.76 Å². The fourth-order valence-electron chi connectivity index (χ4n) is 3.26. The lowest BCUT2D eigenvalue weighted by Crippen LogP contribution is -1.92. The predicted molar refractivity (Wildman–Crippen MR) is 113 cm³/mol. The average Bonchev–Trinajstić information content (AvgIpc) is 3.54. The maximum absolute atomic E-state index is 11.0. The number of rotatable bonds is 5. The molecule has 0 radical (unpaired) electrons. The lowest BCUT2D eigenvalue weighted by Gasteiger charge is -2.09. The number of non-ortho nitro benzene ring substituents is 1. The van der Waals surface area contributed by atoms with Gasteiger partial charge in [-0.1, -0.05) is 29.4 Å². The molecule has 0 unspecified atom stereocenters. The van der Waals surface area contributed by atoms with Gasteiger partial charge in [0.05, 0.1) is 16.9 Å². The first-order valence-electron chi connectivity index (χ1n) is 9.35.